The Hall–Kier alpha value is -3.68. The Balaban J connectivity index is 1.13. The van der Waals surface area contributed by atoms with Crippen LogP contribution in [0.25, 0.3) is 0 Å². The summed E-state index contributed by atoms with van der Waals surface area (Å²) in [4.78, 5) is 33.8. The number of hydrogen-bond acceptors (Lipinski definition) is 6. The van der Waals surface area contributed by atoms with Crippen molar-refractivity contribution in [2.24, 2.45) is 21.8 Å². The Morgan fingerprint density at radius 1 is 0.710 bits per heavy atom. The smallest absolute Gasteiger partial charge is 0.228 e. The molecule has 0 unspecified atom stereocenters. The molecular formula is C23H24N6O2. The topological polar surface area (TPSA) is 107 Å². The first-order valence-electron chi connectivity index (χ1n) is 10.6. The highest BCUT2D eigenvalue weighted by Crippen LogP contribution is 2.40. The van der Waals surface area contributed by atoms with Crippen LogP contribution in [0.3, 0.4) is 0 Å². The minimum absolute atomic E-state index is 0.120. The van der Waals surface area contributed by atoms with Gasteiger partial charge in [-0.2, -0.15) is 0 Å². The predicted octanol–water partition coefficient (Wildman–Crippen LogP) is 1.60. The second-order valence-electron chi connectivity index (χ2n) is 7.90. The molecule has 158 valence electrons. The SMILES string of the molecule is O=C(Nc1ccc(C2=NCCN2)cc1)[C@@H]1C[C@H]1C(=O)Nc1ccc(C2=NCCN2)cc1. The Kier molecular flexibility index (Phi) is 5.11. The van der Waals surface area contributed by atoms with Gasteiger partial charge in [-0.15, -0.1) is 0 Å². The third-order valence-corrected chi connectivity index (χ3v) is 5.66. The monoisotopic (exact) mass is 416 g/mol. The average Bonchev–Trinajstić information content (AvgIpc) is 3.16. The molecule has 3 aliphatic rings. The molecule has 5 rings (SSSR count). The van der Waals surface area contributed by atoms with Crippen molar-refractivity contribution in [1.29, 1.82) is 0 Å². The number of amides is 2. The fourth-order valence-electron chi connectivity index (χ4n) is 3.85. The number of aliphatic imine (C=N–C) groups is 2. The molecule has 2 aromatic rings. The average molecular weight is 416 g/mol. The molecule has 0 saturated heterocycles. The number of hydrogen-bond donors (Lipinski definition) is 4. The second-order valence-corrected chi connectivity index (χ2v) is 7.90. The van der Waals surface area contributed by atoms with Gasteiger partial charge >= 0.3 is 0 Å². The highest BCUT2D eigenvalue weighted by Gasteiger charge is 2.48. The van der Waals surface area contributed by atoms with E-state index in [0.717, 1.165) is 60.4 Å². The van der Waals surface area contributed by atoms with E-state index in [4.69, 9.17) is 0 Å². The maximum atomic E-state index is 12.5. The number of benzene rings is 2. The van der Waals surface area contributed by atoms with Gasteiger partial charge in [0, 0.05) is 35.6 Å². The lowest BCUT2D eigenvalue weighted by molar-refractivity contribution is -0.122. The van der Waals surface area contributed by atoms with Crippen molar-refractivity contribution in [1.82, 2.24) is 10.6 Å². The van der Waals surface area contributed by atoms with E-state index in [9.17, 15) is 9.59 Å². The zero-order valence-electron chi connectivity index (χ0n) is 17.0. The van der Waals surface area contributed by atoms with Crippen molar-refractivity contribution >= 4 is 34.9 Å². The molecule has 1 saturated carbocycles. The normalized spacial score (nSPS) is 21.4. The predicted molar refractivity (Wildman–Crippen MR) is 121 cm³/mol. The molecule has 0 spiro atoms. The van der Waals surface area contributed by atoms with E-state index in [1.807, 2.05) is 48.5 Å². The van der Waals surface area contributed by atoms with E-state index in [1.165, 1.54) is 0 Å². The van der Waals surface area contributed by atoms with Gasteiger partial charge in [0.05, 0.1) is 24.9 Å². The minimum atomic E-state index is -0.295. The lowest BCUT2D eigenvalue weighted by Crippen LogP contribution is -2.21. The maximum Gasteiger partial charge on any atom is 0.228 e. The van der Waals surface area contributed by atoms with Crippen LogP contribution in [-0.2, 0) is 9.59 Å². The van der Waals surface area contributed by atoms with Gasteiger partial charge in [-0.05, 0) is 55.0 Å². The first kappa shape index (κ1) is 19.3. The number of rotatable bonds is 6. The van der Waals surface area contributed by atoms with Crippen LogP contribution in [-0.4, -0.2) is 49.7 Å². The molecule has 2 aliphatic heterocycles. The highest BCUT2D eigenvalue weighted by molar-refractivity contribution is 6.04. The maximum absolute atomic E-state index is 12.5. The van der Waals surface area contributed by atoms with Crippen molar-refractivity contribution < 1.29 is 9.59 Å². The lowest BCUT2D eigenvalue weighted by Gasteiger charge is -2.08. The summed E-state index contributed by atoms with van der Waals surface area (Å²) < 4.78 is 0. The third-order valence-electron chi connectivity index (χ3n) is 5.66. The zero-order chi connectivity index (χ0) is 21.2. The highest BCUT2D eigenvalue weighted by atomic mass is 16.2. The van der Waals surface area contributed by atoms with Crippen LogP contribution in [0.1, 0.15) is 17.5 Å². The summed E-state index contributed by atoms with van der Waals surface area (Å²) in [5, 5.41) is 12.3. The van der Waals surface area contributed by atoms with Gasteiger partial charge in [-0.3, -0.25) is 19.6 Å². The molecule has 2 heterocycles. The summed E-state index contributed by atoms with van der Waals surface area (Å²) in [5.74, 6) is 0.943. The second kappa shape index (κ2) is 8.22. The molecule has 0 aromatic heterocycles. The number of carbonyl (C=O) groups excluding carboxylic acids is 2. The van der Waals surface area contributed by atoms with Crippen LogP contribution < -0.4 is 21.3 Å². The fourth-order valence-corrected chi connectivity index (χ4v) is 3.85. The van der Waals surface area contributed by atoms with Gasteiger partial charge in [0.15, 0.2) is 0 Å². The Morgan fingerprint density at radius 2 is 1.13 bits per heavy atom. The fraction of sp³-hybridized carbons (Fsp3) is 0.304. The molecule has 2 aromatic carbocycles. The molecule has 4 N–H and O–H groups in total. The van der Waals surface area contributed by atoms with Gasteiger partial charge < -0.3 is 21.3 Å². The van der Waals surface area contributed by atoms with E-state index in [0.29, 0.717) is 6.42 Å². The molecule has 1 fully saturated rings. The first-order chi connectivity index (χ1) is 15.2. The Morgan fingerprint density at radius 3 is 1.48 bits per heavy atom. The van der Waals surface area contributed by atoms with E-state index in [1.54, 1.807) is 0 Å². The molecule has 31 heavy (non-hydrogen) atoms. The van der Waals surface area contributed by atoms with Gasteiger partial charge in [0.25, 0.3) is 0 Å². The van der Waals surface area contributed by atoms with Crippen molar-refractivity contribution in [3.8, 4) is 0 Å². The van der Waals surface area contributed by atoms with E-state index in [2.05, 4.69) is 31.3 Å². The third kappa shape index (κ3) is 4.28. The number of anilines is 2. The molecule has 1 aliphatic carbocycles. The quantitative estimate of drug-likeness (QED) is 0.574. The van der Waals surface area contributed by atoms with Crippen molar-refractivity contribution in [3.63, 3.8) is 0 Å². The van der Waals surface area contributed by atoms with Crippen LogP contribution in [0.15, 0.2) is 58.5 Å². The standard InChI is InChI=1S/C23H24N6O2/c30-22(28-16-5-1-14(2-6-16)20-24-9-10-25-20)18-13-19(18)23(31)29-17-7-3-15(4-8-17)21-26-11-12-27-21/h1-8,18-19H,9-13H2,(H,24,25)(H,26,27)(H,28,30)(H,29,31)/t18-,19-/m1/s1. The van der Waals surface area contributed by atoms with E-state index < -0.39 is 0 Å². The molecule has 0 radical (unpaired) electrons. The minimum Gasteiger partial charge on any atom is -0.368 e. The number of amidine groups is 2. The summed E-state index contributed by atoms with van der Waals surface area (Å²) in [6.07, 6.45) is 0.565. The van der Waals surface area contributed by atoms with Crippen LogP contribution in [0.5, 0.6) is 0 Å². The summed E-state index contributed by atoms with van der Waals surface area (Å²) in [7, 11) is 0. The van der Waals surface area contributed by atoms with Crippen molar-refractivity contribution in [2.75, 3.05) is 36.8 Å². The van der Waals surface area contributed by atoms with Gasteiger partial charge in [0.1, 0.15) is 11.7 Å². The molecule has 0 bridgehead atoms. The van der Waals surface area contributed by atoms with E-state index in [-0.39, 0.29) is 23.7 Å². The number of nitrogens with one attached hydrogen (secondary N) is 4. The zero-order valence-corrected chi connectivity index (χ0v) is 17.0. The lowest BCUT2D eigenvalue weighted by atomic mass is 10.1. The molecule has 2 atom stereocenters. The molecular weight excluding hydrogens is 392 g/mol. The van der Waals surface area contributed by atoms with E-state index >= 15 is 0 Å². The van der Waals surface area contributed by atoms with Crippen LogP contribution in [0.4, 0.5) is 11.4 Å². The summed E-state index contributed by atoms with van der Waals surface area (Å²) in [5.41, 5.74) is 3.44. The van der Waals surface area contributed by atoms with Crippen molar-refractivity contribution in [3.05, 3.63) is 59.7 Å². The van der Waals surface area contributed by atoms with Gasteiger partial charge in [0.2, 0.25) is 11.8 Å². The summed E-state index contributed by atoms with van der Waals surface area (Å²) in [6, 6.07) is 15.2. The van der Waals surface area contributed by atoms with Gasteiger partial charge in [-0.25, -0.2) is 0 Å². The molecule has 8 heteroatoms. The summed E-state index contributed by atoms with van der Waals surface area (Å²) in [6.45, 7) is 3.29. The van der Waals surface area contributed by atoms with Crippen molar-refractivity contribution in [2.45, 2.75) is 6.42 Å². The number of carbonyl (C=O) groups is 2. The Bertz CT molecular complexity index is 973. The Labute approximate surface area is 180 Å². The van der Waals surface area contributed by atoms with Crippen LogP contribution >= 0.6 is 0 Å². The molecule has 2 amide bonds. The summed E-state index contributed by atoms with van der Waals surface area (Å²) >= 11 is 0. The van der Waals surface area contributed by atoms with Gasteiger partial charge in [-0.1, -0.05) is 0 Å². The van der Waals surface area contributed by atoms with Crippen LogP contribution in [0, 0.1) is 11.8 Å². The first-order valence-corrected chi connectivity index (χ1v) is 10.6. The largest absolute Gasteiger partial charge is 0.368 e. The van der Waals surface area contributed by atoms with Crippen LogP contribution in [0.2, 0.25) is 0 Å². The molecule has 8 nitrogen and oxygen atoms in total. The number of nitrogens with zero attached hydrogens (tertiary/aromatic N) is 2.